The maximum atomic E-state index is 13.0. The fraction of sp³-hybridized carbons (Fsp3) is 0.0625. The van der Waals surface area contributed by atoms with Crippen LogP contribution in [0.1, 0.15) is 0 Å². The number of pyridine rings is 2. The fourth-order valence-electron chi connectivity index (χ4n) is 5.16. The van der Waals surface area contributed by atoms with Crippen LogP contribution in [0, 0.1) is 0 Å². The minimum atomic E-state index is -0.522. The van der Waals surface area contributed by atoms with E-state index in [1.54, 1.807) is 48.5 Å². The molecule has 6 aromatic rings. The Kier molecular flexibility index (Phi) is 6.00. The largest absolute Gasteiger partial charge is 0.343 e. The molecule has 0 aliphatic carbocycles. The molecule has 0 aliphatic heterocycles. The molecule has 0 bridgehead atoms. The first-order valence-electron chi connectivity index (χ1n) is 12.6. The molecule has 2 amide bonds. The smallest absolute Gasteiger partial charge is 0.248 e. The Labute approximate surface area is 227 Å². The van der Waals surface area contributed by atoms with Crippen molar-refractivity contribution in [3.05, 3.63) is 118 Å². The Morgan fingerprint density at radius 2 is 0.925 bits per heavy atom. The van der Waals surface area contributed by atoms with Crippen molar-refractivity contribution in [1.29, 1.82) is 0 Å². The summed E-state index contributed by atoms with van der Waals surface area (Å²) in [6.45, 7) is 0. The van der Waals surface area contributed by atoms with Gasteiger partial charge in [0.2, 0.25) is 11.8 Å². The highest BCUT2D eigenvalue weighted by atomic mass is 16.2. The van der Waals surface area contributed by atoms with Crippen molar-refractivity contribution in [1.82, 2.24) is 9.13 Å². The maximum Gasteiger partial charge on any atom is 0.248 e. The van der Waals surface area contributed by atoms with E-state index in [2.05, 4.69) is 10.6 Å². The van der Waals surface area contributed by atoms with Gasteiger partial charge in [0.15, 0.2) is 10.9 Å². The molecule has 2 heterocycles. The maximum absolute atomic E-state index is 13.0. The lowest BCUT2D eigenvalue weighted by Gasteiger charge is -2.12. The van der Waals surface area contributed by atoms with Gasteiger partial charge in [0.1, 0.15) is 0 Å². The number of nitrogens with one attached hydrogen (secondary N) is 2. The van der Waals surface area contributed by atoms with Gasteiger partial charge in [-0.05, 0) is 60.7 Å². The van der Waals surface area contributed by atoms with Gasteiger partial charge in [-0.3, -0.25) is 19.2 Å². The van der Waals surface area contributed by atoms with E-state index in [-0.39, 0.29) is 10.9 Å². The molecule has 0 radical (unpaired) electrons. The molecule has 8 nitrogen and oxygen atoms in total. The lowest BCUT2D eigenvalue weighted by molar-refractivity contribution is -0.114. The summed E-state index contributed by atoms with van der Waals surface area (Å²) in [5, 5.41) is 7.56. The summed E-state index contributed by atoms with van der Waals surface area (Å²) in [7, 11) is 3.78. The number of carbonyl (C=O) groups excluding carboxylic acids is 2. The Bertz CT molecular complexity index is 2020. The summed E-state index contributed by atoms with van der Waals surface area (Å²) in [6.07, 6.45) is 2.23. The Balaban J connectivity index is 1.20. The molecule has 0 unspecified atom stereocenters. The normalized spacial score (nSPS) is 11.6. The van der Waals surface area contributed by atoms with Gasteiger partial charge >= 0.3 is 0 Å². The zero-order valence-corrected chi connectivity index (χ0v) is 21.8. The van der Waals surface area contributed by atoms with Gasteiger partial charge in [-0.1, -0.05) is 24.3 Å². The van der Waals surface area contributed by atoms with E-state index in [1.165, 1.54) is 0 Å². The Morgan fingerprint density at radius 3 is 1.35 bits per heavy atom. The zero-order chi connectivity index (χ0) is 28.0. The molecule has 0 saturated carbocycles. The summed E-state index contributed by atoms with van der Waals surface area (Å²) in [5.74, 6) is -1.04. The number of benzene rings is 4. The third kappa shape index (κ3) is 4.21. The van der Waals surface area contributed by atoms with Gasteiger partial charge in [-0.2, -0.15) is 0 Å². The van der Waals surface area contributed by atoms with Gasteiger partial charge in [0.25, 0.3) is 0 Å². The summed E-state index contributed by atoms with van der Waals surface area (Å²) in [4.78, 5) is 51.2. The number of rotatable bonds is 4. The first kappa shape index (κ1) is 24.8. The highest BCUT2D eigenvalue weighted by molar-refractivity contribution is 6.08. The van der Waals surface area contributed by atoms with Gasteiger partial charge in [0, 0.05) is 59.2 Å². The summed E-state index contributed by atoms with van der Waals surface area (Å²) < 4.78 is 3.87. The minimum absolute atomic E-state index is 0.118. The van der Waals surface area contributed by atoms with Crippen LogP contribution in [0.15, 0.2) is 107 Å². The molecule has 0 aliphatic rings. The molecule has 4 aromatic carbocycles. The van der Waals surface area contributed by atoms with E-state index < -0.39 is 11.8 Å². The van der Waals surface area contributed by atoms with Crippen LogP contribution >= 0.6 is 0 Å². The van der Waals surface area contributed by atoms with Gasteiger partial charge in [-0.15, -0.1) is 0 Å². The van der Waals surface area contributed by atoms with Crippen LogP contribution < -0.4 is 21.5 Å². The number of anilines is 2. The molecule has 8 heteroatoms. The van der Waals surface area contributed by atoms with Gasteiger partial charge < -0.3 is 19.8 Å². The van der Waals surface area contributed by atoms with E-state index in [1.807, 2.05) is 59.6 Å². The van der Waals surface area contributed by atoms with Crippen molar-refractivity contribution < 1.29 is 9.59 Å². The fourth-order valence-corrected chi connectivity index (χ4v) is 5.16. The monoisotopic (exact) mass is 528 g/mol. The van der Waals surface area contributed by atoms with Crippen molar-refractivity contribution in [3.8, 4) is 0 Å². The lowest BCUT2D eigenvalue weighted by atomic mass is 10.1. The molecule has 196 valence electrons. The molecule has 0 atom stereocenters. The van der Waals surface area contributed by atoms with Crippen molar-refractivity contribution in [2.75, 3.05) is 10.6 Å². The molecule has 2 aromatic heterocycles. The van der Waals surface area contributed by atoms with E-state index in [4.69, 9.17) is 0 Å². The highest BCUT2D eigenvalue weighted by Crippen LogP contribution is 2.22. The summed E-state index contributed by atoms with van der Waals surface area (Å²) in [5.41, 5.74) is 3.78. The predicted octanol–water partition coefficient (Wildman–Crippen LogP) is 4.83. The second-order valence-corrected chi connectivity index (χ2v) is 9.59. The van der Waals surface area contributed by atoms with E-state index >= 15 is 0 Å². The summed E-state index contributed by atoms with van der Waals surface area (Å²) in [6, 6.07) is 25.0. The number of para-hydroxylation sites is 2. The number of hydrogen-bond acceptors (Lipinski definition) is 4. The third-order valence-corrected chi connectivity index (χ3v) is 7.15. The molecular formula is C32H24N4O4. The molecule has 0 spiro atoms. The number of aryl methyl sites for hydroxylation is 2. The van der Waals surface area contributed by atoms with Crippen molar-refractivity contribution in [2.24, 2.45) is 14.1 Å². The molecule has 0 fully saturated rings. The number of amides is 2. The number of hydrogen-bond donors (Lipinski definition) is 2. The number of aromatic nitrogens is 2. The predicted molar refractivity (Wildman–Crippen MR) is 160 cm³/mol. The molecule has 2 N–H and O–H groups in total. The van der Waals surface area contributed by atoms with Crippen molar-refractivity contribution >= 4 is 66.8 Å². The SMILES string of the molecule is Cn1c2ccccc2c(=O)c2cc(NC(=O)/C=C/C(=O)Nc3ccc4c(c3)c(=O)c3ccccc3n4C)ccc21. The average Bonchev–Trinajstić information content (AvgIpc) is 2.97. The van der Waals surface area contributed by atoms with Crippen molar-refractivity contribution in [3.63, 3.8) is 0 Å². The average molecular weight is 529 g/mol. The van der Waals surface area contributed by atoms with Crippen LogP contribution in [0.4, 0.5) is 11.4 Å². The standard InChI is InChI=1S/C32H24N4O4/c1-35-25-9-5-3-7-21(25)31(39)23-17-19(11-13-27(23)35)33-29(37)15-16-30(38)34-20-12-14-28-24(18-20)32(40)22-8-4-6-10-26(22)36(28)2/h3-18H,1-2H3,(H,33,37)(H,34,38)/b16-15+. The van der Waals surface area contributed by atoms with Crippen molar-refractivity contribution in [2.45, 2.75) is 0 Å². The van der Waals surface area contributed by atoms with Crippen LogP contribution in [-0.4, -0.2) is 20.9 Å². The quantitative estimate of drug-likeness (QED) is 0.253. The Hall–Kier alpha value is -5.50. The minimum Gasteiger partial charge on any atom is -0.343 e. The van der Waals surface area contributed by atoms with E-state index in [0.29, 0.717) is 32.9 Å². The number of carbonyl (C=O) groups is 2. The number of nitrogens with zero attached hydrogens (tertiary/aromatic N) is 2. The van der Waals surface area contributed by atoms with Crippen LogP contribution in [0.5, 0.6) is 0 Å². The van der Waals surface area contributed by atoms with Crippen LogP contribution in [0.25, 0.3) is 43.6 Å². The number of fused-ring (bicyclic) bond motifs is 4. The van der Waals surface area contributed by atoms with Crippen LogP contribution in [-0.2, 0) is 23.7 Å². The first-order valence-corrected chi connectivity index (χ1v) is 12.6. The van der Waals surface area contributed by atoms with E-state index in [9.17, 15) is 19.2 Å². The molecule has 6 rings (SSSR count). The second-order valence-electron chi connectivity index (χ2n) is 9.59. The van der Waals surface area contributed by atoms with Gasteiger partial charge in [0.05, 0.1) is 22.1 Å². The lowest BCUT2D eigenvalue weighted by Crippen LogP contribution is -2.14. The van der Waals surface area contributed by atoms with E-state index in [0.717, 1.165) is 34.2 Å². The third-order valence-electron chi connectivity index (χ3n) is 7.15. The van der Waals surface area contributed by atoms with Crippen LogP contribution in [0.2, 0.25) is 0 Å². The zero-order valence-electron chi connectivity index (χ0n) is 21.8. The second kappa shape index (κ2) is 9.67. The van der Waals surface area contributed by atoms with Crippen LogP contribution in [0.3, 0.4) is 0 Å². The molecule has 0 saturated heterocycles. The first-order chi connectivity index (χ1) is 19.3. The van der Waals surface area contributed by atoms with Gasteiger partial charge in [-0.25, -0.2) is 0 Å². The summed E-state index contributed by atoms with van der Waals surface area (Å²) >= 11 is 0. The Morgan fingerprint density at radius 1 is 0.550 bits per heavy atom. The molecule has 40 heavy (non-hydrogen) atoms. The molecular weight excluding hydrogens is 504 g/mol. The topological polar surface area (TPSA) is 102 Å². The highest BCUT2D eigenvalue weighted by Gasteiger charge is 2.11.